The molecule has 4 aliphatic carbocycles. The zero-order chi connectivity index (χ0) is 21.7. The molecule has 2 N–H and O–H groups in total. The van der Waals surface area contributed by atoms with Gasteiger partial charge in [0.05, 0.1) is 11.7 Å². The quantitative estimate of drug-likeness (QED) is 0.613. The summed E-state index contributed by atoms with van der Waals surface area (Å²) in [5, 5.41) is 22.1. The number of rotatable bonds is 0. The summed E-state index contributed by atoms with van der Waals surface area (Å²) in [6, 6.07) is 0.341. The summed E-state index contributed by atoms with van der Waals surface area (Å²) in [4.78, 5) is 15.9. The van der Waals surface area contributed by atoms with Crippen LogP contribution in [0.2, 0.25) is 0 Å². The molecule has 12 atom stereocenters. The molecule has 2 saturated heterocycles. The topological polar surface area (TPSA) is 60.8 Å². The average Bonchev–Trinajstić information content (AvgIpc) is 3.09. The number of nitrogens with zero attached hydrogens (tertiary/aromatic N) is 1. The molecular weight excluding hydrogens is 386 g/mol. The fourth-order valence-electron chi connectivity index (χ4n) is 10.4. The Kier molecular flexibility index (Phi) is 4.78. The molecule has 31 heavy (non-hydrogen) atoms. The average molecular weight is 430 g/mol. The Hall–Kier alpha value is -0.450. The molecule has 6 fully saturated rings. The Morgan fingerprint density at radius 3 is 2.52 bits per heavy atom. The number of piperidine rings is 2. The van der Waals surface area contributed by atoms with Crippen molar-refractivity contribution in [3.05, 3.63) is 0 Å². The van der Waals surface area contributed by atoms with E-state index in [4.69, 9.17) is 0 Å². The fourth-order valence-corrected chi connectivity index (χ4v) is 10.4. The van der Waals surface area contributed by atoms with Crippen molar-refractivity contribution >= 4 is 5.78 Å². The third-order valence-electron chi connectivity index (χ3n) is 11.8. The number of ketones is 1. The number of fused-ring (bicyclic) bond motifs is 8. The number of carbonyl (C=O) groups excluding carboxylic acids is 1. The molecule has 6 aliphatic rings. The molecule has 4 heteroatoms. The van der Waals surface area contributed by atoms with Crippen molar-refractivity contribution in [2.45, 2.75) is 96.3 Å². The highest BCUT2D eigenvalue weighted by molar-refractivity contribution is 5.83. The van der Waals surface area contributed by atoms with Gasteiger partial charge in [-0.2, -0.15) is 0 Å². The second kappa shape index (κ2) is 7.03. The third kappa shape index (κ3) is 2.93. The van der Waals surface area contributed by atoms with Gasteiger partial charge >= 0.3 is 0 Å². The van der Waals surface area contributed by atoms with Crippen LogP contribution in [0.3, 0.4) is 0 Å². The summed E-state index contributed by atoms with van der Waals surface area (Å²) in [5.41, 5.74) is -0.482. The van der Waals surface area contributed by atoms with E-state index in [9.17, 15) is 15.0 Å². The minimum absolute atomic E-state index is 0.0789. The van der Waals surface area contributed by atoms with E-state index < -0.39 is 5.60 Å². The minimum Gasteiger partial charge on any atom is -0.393 e. The van der Waals surface area contributed by atoms with Crippen LogP contribution in [0.4, 0.5) is 0 Å². The smallest absolute Gasteiger partial charge is 0.136 e. The van der Waals surface area contributed by atoms with E-state index in [0.717, 1.165) is 44.6 Å². The highest BCUT2D eigenvalue weighted by Gasteiger charge is 2.64. The van der Waals surface area contributed by atoms with Crippen molar-refractivity contribution < 1.29 is 15.0 Å². The molecule has 4 saturated carbocycles. The van der Waals surface area contributed by atoms with Gasteiger partial charge < -0.3 is 10.2 Å². The lowest BCUT2D eigenvalue weighted by Crippen LogP contribution is -2.67. The monoisotopic (exact) mass is 429 g/mol. The maximum absolute atomic E-state index is 13.2. The summed E-state index contributed by atoms with van der Waals surface area (Å²) < 4.78 is 0. The first kappa shape index (κ1) is 21.1. The summed E-state index contributed by atoms with van der Waals surface area (Å²) >= 11 is 0. The predicted molar refractivity (Wildman–Crippen MR) is 120 cm³/mol. The van der Waals surface area contributed by atoms with Crippen molar-refractivity contribution in [2.24, 2.45) is 52.8 Å². The number of carbonyl (C=O) groups is 1. The normalized spacial score (nSPS) is 59.2. The number of Topliss-reactive ketones (excluding diaryl/α,β-unsaturated/α-hetero) is 1. The highest BCUT2D eigenvalue weighted by atomic mass is 16.3. The van der Waals surface area contributed by atoms with Crippen LogP contribution in [0, 0.1) is 52.8 Å². The Morgan fingerprint density at radius 1 is 0.903 bits per heavy atom. The lowest BCUT2D eigenvalue weighted by atomic mass is 9.51. The van der Waals surface area contributed by atoms with Crippen molar-refractivity contribution in [2.75, 3.05) is 13.1 Å². The van der Waals surface area contributed by atoms with Gasteiger partial charge in [0.1, 0.15) is 5.78 Å². The predicted octanol–water partition coefficient (Wildman–Crippen LogP) is 3.89. The van der Waals surface area contributed by atoms with E-state index in [1.165, 1.54) is 25.8 Å². The van der Waals surface area contributed by atoms with Crippen molar-refractivity contribution in [3.63, 3.8) is 0 Å². The lowest BCUT2D eigenvalue weighted by molar-refractivity contribution is -0.175. The Bertz CT molecular complexity index is 751. The lowest BCUT2D eigenvalue weighted by Gasteiger charge is -2.59. The van der Waals surface area contributed by atoms with Crippen LogP contribution in [0.5, 0.6) is 0 Å². The molecule has 6 rings (SSSR count). The van der Waals surface area contributed by atoms with Gasteiger partial charge in [-0.1, -0.05) is 13.8 Å². The zero-order valence-electron chi connectivity index (χ0n) is 19.8. The van der Waals surface area contributed by atoms with Gasteiger partial charge in [-0.15, -0.1) is 0 Å². The van der Waals surface area contributed by atoms with E-state index in [1.54, 1.807) is 0 Å². The largest absolute Gasteiger partial charge is 0.393 e. The molecule has 0 aromatic carbocycles. The van der Waals surface area contributed by atoms with Crippen LogP contribution in [0.15, 0.2) is 0 Å². The van der Waals surface area contributed by atoms with E-state index in [2.05, 4.69) is 25.7 Å². The second-order valence-electron chi connectivity index (χ2n) is 13.2. The standard InChI is InChI=1S/C27H43NO3/c1-15-4-7-25-27(3,31)21-6-5-17-18(20(21)14-28(25)13-15)11-22-19(17)12-24(30)23-10-16(29)8-9-26(22,23)2/h15-23,25,29,31H,4-14H2,1-3H3/t15-,16-,17+,18+,19-,20-,21+,22-,23+,25-,26+,27-/m1/s1. The third-order valence-corrected chi connectivity index (χ3v) is 11.8. The van der Waals surface area contributed by atoms with Crippen LogP contribution < -0.4 is 0 Å². The van der Waals surface area contributed by atoms with Crippen LogP contribution in [-0.4, -0.2) is 51.7 Å². The minimum atomic E-state index is -0.570. The van der Waals surface area contributed by atoms with Gasteiger partial charge in [-0.25, -0.2) is 0 Å². The Balaban J connectivity index is 1.31. The number of aliphatic hydroxyl groups is 2. The van der Waals surface area contributed by atoms with Crippen LogP contribution in [0.25, 0.3) is 0 Å². The molecule has 2 aliphatic heterocycles. The van der Waals surface area contributed by atoms with Crippen molar-refractivity contribution in [3.8, 4) is 0 Å². The molecule has 0 spiro atoms. The first-order valence-corrected chi connectivity index (χ1v) is 13.4. The van der Waals surface area contributed by atoms with Crippen molar-refractivity contribution in [1.82, 2.24) is 4.90 Å². The summed E-state index contributed by atoms with van der Waals surface area (Å²) in [7, 11) is 0. The molecular formula is C27H43NO3. The SMILES string of the molecule is C[C@@H]1CC[C@H]2N(C1)C[C@@H]1[C@H]3C[C@@H]4[C@H](CC(=O)[C@@H]5C[C@H](O)CC[C@@]45C)[C@H]3CC[C@@H]1[C@@]2(C)O. The van der Waals surface area contributed by atoms with Crippen molar-refractivity contribution in [1.29, 1.82) is 0 Å². The molecule has 0 unspecified atom stereocenters. The van der Waals surface area contributed by atoms with E-state index in [1.807, 2.05) is 0 Å². The van der Waals surface area contributed by atoms with Gasteiger partial charge in [-0.05, 0) is 105 Å². The maximum Gasteiger partial charge on any atom is 0.136 e. The van der Waals surface area contributed by atoms with Gasteiger partial charge in [0.15, 0.2) is 0 Å². The Labute approximate surface area is 188 Å². The number of hydrogen-bond donors (Lipinski definition) is 2. The molecule has 0 aromatic rings. The molecule has 4 nitrogen and oxygen atoms in total. The van der Waals surface area contributed by atoms with Gasteiger partial charge in [-0.3, -0.25) is 9.69 Å². The highest BCUT2D eigenvalue weighted by Crippen LogP contribution is 2.66. The molecule has 0 bridgehead atoms. The molecule has 2 heterocycles. The van der Waals surface area contributed by atoms with Gasteiger partial charge in [0.2, 0.25) is 0 Å². The summed E-state index contributed by atoms with van der Waals surface area (Å²) in [6.07, 6.45) is 9.08. The number of hydrogen-bond acceptors (Lipinski definition) is 4. The van der Waals surface area contributed by atoms with Gasteiger partial charge in [0, 0.05) is 31.5 Å². The maximum atomic E-state index is 13.2. The van der Waals surface area contributed by atoms with Crippen LogP contribution in [-0.2, 0) is 4.79 Å². The van der Waals surface area contributed by atoms with E-state index in [0.29, 0.717) is 53.8 Å². The van der Waals surface area contributed by atoms with Crippen LogP contribution >= 0.6 is 0 Å². The van der Waals surface area contributed by atoms with E-state index >= 15 is 0 Å². The molecule has 174 valence electrons. The number of aliphatic hydroxyl groups excluding tert-OH is 1. The fraction of sp³-hybridized carbons (Fsp3) is 0.963. The molecule has 0 amide bonds. The van der Waals surface area contributed by atoms with Gasteiger partial charge in [0.25, 0.3) is 0 Å². The molecule has 0 radical (unpaired) electrons. The van der Waals surface area contributed by atoms with Crippen LogP contribution in [0.1, 0.15) is 78.6 Å². The first-order chi connectivity index (χ1) is 14.7. The zero-order valence-corrected chi connectivity index (χ0v) is 19.8. The summed E-state index contributed by atoms with van der Waals surface area (Å²) in [5.74, 6) is 4.82. The second-order valence-corrected chi connectivity index (χ2v) is 13.2. The summed E-state index contributed by atoms with van der Waals surface area (Å²) in [6.45, 7) is 9.23. The molecule has 0 aromatic heterocycles. The first-order valence-electron chi connectivity index (χ1n) is 13.4. The van der Waals surface area contributed by atoms with E-state index in [-0.39, 0.29) is 17.4 Å². The Morgan fingerprint density at radius 2 is 1.71 bits per heavy atom.